The predicted octanol–water partition coefficient (Wildman–Crippen LogP) is 3.74. The number of hydrogen-bond acceptors (Lipinski definition) is 4. The number of nitrogens with one attached hydrogen (secondary N) is 1. The van der Waals surface area contributed by atoms with Crippen molar-refractivity contribution in [3.8, 4) is 5.75 Å². The topological polar surface area (TPSA) is 47.3 Å². The molecule has 0 heterocycles. The summed E-state index contributed by atoms with van der Waals surface area (Å²) in [5.74, 6) is 0.785. The fourth-order valence-electron chi connectivity index (χ4n) is 1.60. The molecule has 4 heteroatoms. The van der Waals surface area contributed by atoms with E-state index >= 15 is 0 Å². The van der Waals surface area contributed by atoms with Crippen molar-refractivity contribution in [2.45, 2.75) is 4.90 Å². The lowest BCUT2D eigenvalue weighted by atomic mass is 10.2. The molecule has 3 N–H and O–H groups in total. The van der Waals surface area contributed by atoms with Gasteiger partial charge in [0.2, 0.25) is 0 Å². The molecular formula is C14H16N2OS. The van der Waals surface area contributed by atoms with Crippen LogP contribution in [0.2, 0.25) is 0 Å². The van der Waals surface area contributed by atoms with Crippen LogP contribution >= 0.6 is 11.8 Å². The van der Waals surface area contributed by atoms with Crippen molar-refractivity contribution in [3.63, 3.8) is 0 Å². The van der Waals surface area contributed by atoms with Gasteiger partial charge in [-0.25, -0.2) is 0 Å². The summed E-state index contributed by atoms with van der Waals surface area (Å²) < 4.78 is 5.19. The van der Waals surface area contributed by atoms with Gasteiger partial charge in [-0.05, 0) is 42.7 Å². The highest BCUT2D eigenvalue weighted by molar-refractivity contribution is 7.98. The van der Waals surface area contributed by atoms with Gasteiger partial charge in [-0.3, -0.25) is 0 Å². The lowest BCUT2D eigenvalue weighted by Gasteiger charge is -2.11. The van der Waals surface area contributed by atoms with E-state index in [1.165, 1.54) is 4.90 Å². The van der Waals surface area contributed by atoms with Gasteiger partial charge in [0.15, 0.2) is 0 Å². The Morgan fingerprint density at radius 2 is 1.83 bits per heavy atom. The van der Waals surface area contributed by atoms with E-state index in [4.69, 9.17) is 10.5 Å². The molecule has 94 valence electrons. The summed E-state index contributed by atoms with van der Waals surface area (Å²) in [5.41, 5.74) is 8.48. The molecule has 0 bridgehead atoms. The van der Waals surface area contributed by atoms with Crippen LogP contribution in [0.1, 0.15) is 0 Å². The van der Waals surface area contributed by atoms with E-state index in [0.717, 1.165) is 17.1 Å². The first-order valence-electron chi connectivity index (χ1n) is 5.57. The van der Waals surface area contributed by atoms with Crippen LogP contribution in [0.3, 0.4) is 0 Å². The molecule has 0 radical (unpaired) electrons. The first kappa shape index (κ1) is 12.6. The quantitative estimate of drug-likeness (QED) is 0.649. The summed E-state index contributed by atoms with van der Waals surface area (Å²) in [4.78, 5) is 1.24. The van der Waals surface area contributed by atoms with E-state index in [2.05, 4.69) is 23.7 Å². The van der Waals surface area contributed by atoms with Crippen molar-refractivity contribution in [1.82, 2.24) is 0 Å². The number of benzene rings is 2. The van der Waals surface area contributed by atoms with Gasteiger partial charge in [-0.2, -0.15) is 0 Å². The molecule has 0 spiro atoms. The van der Waals surface area contributed by atoms with Crippen LogP contribution in [0.4, 0.5) is 17.1 Å². The van der Waals surface area contributed by atoms with Crippen LogP contribution in [0.25, 0.3) is 0 Å². The van der Waals surface area contributed by atoms with Crippen LogP contribution in [0, 0.1) is 0 Å². The molecular weight excluding hydrogens is 244 g/mol. The number of nitrogen functional groups attached to an aromatic ring is 1. The highest BCUT2D eigenvalue weighted by Crippen LogP contribution is 2.28. The van der Waals surface area contributed by atoms with E-state index in [1.54, 1.807) is 18.9 Å². The zero-order valence-electron chi connectivity index (χ0n) is 10.4. The Labute approximate surface area is 111 Å². The molecule has 0 saturated carbocycles. The van der Waals surface area contributed by atoms with Gasteiger partial charge in [0.25, 0.3) is 0 Å². The number of ether oxygens (including phenoxy) is 1. The van der Waals surface area contributed by atoms with Gasteiger partial charge < -0.3 is 15.8 Å². The smallest absolute Gasteiger partial charge is 0.121 e. The van der Waals surface area contributed by atoms with Crippen molar-refractivity contribution in [2.75, 3.05) is 24.4 Å². The second-order valence-electron chi connectivity index (χ2n) is 3.81. The molecule has 0 amide bonds. The molecule has 2 aromatic carbocycles. The van der Waals surface area contributed by atoms with Gasteiger partial charge in [-0.1, -0.05) is 0 Å². The maximum absolute atomic E-state index is 5.93. The summed E-state index contributed by atoms with van der Waals surface area (Å²) in [7, 11) is 1.64. The zero-order valence-corrected chi connectivity index (χ0v) is 11.3. The highest BCUT2D eigenvalue weighted by atomic mass is 32.2. The minimum atomic E-state index is 0.699. The lowest BCUT2D eigenvalue weighted by molar-refractivity contribution is 0.415. The summed E-state index contributed by atoms with van der Waals surface area (Å²) in [6.45, 7) is 0. The van der Waals surface area contributed by atoms with Crippen molar-refractivity contribution in [3.05, 3.63) is 42.5 Å². The number of rotatable bonds is 4. The van der Waals surface area contributed by atoms with Crippen molar-refractivity contribution >= 4 is 28.8 Å². The Morgan fingerprint density at radius 1 is 1.11 bits per heavy atom. The average molecular weight is 260 g/mol. The van der Waals surface area contributed by atoms with Crippen molar-refractivity contribution in [2.24, 2.45) is 0 Å². The van der Waals surface area contributed by atoms with Crippen LogP contribution in [0.15, 0.2) is 47.4 Å². The number of hydrogen-bond donors (Lipinski definition) is 2. The number of nitrogens with two attached hydrogens (primary N) is 1. The third-order valence-electron chi connectivity index (χ3n) is 2.63. The fourth-order valence-corrected chi connectivity index (χ4v) is 2.01. The standard InChI is InChI=1S/C14H16N2OS/c1-17-11-5-8-13(15)14(9-11)16-10-3-6-12(18-2)7-4-10/h3-9,16H,15H2,1-2H3. The average Bonchev–Trinajstić information content (AvgIpc) is 2.42. The van der Waals surface area contributed by atoms with E-state index in [-0.39, 0.29) is 0 Å². The first-order chi connectivity index (χ1) is 8.72. The maximum Gasteiger partial charge on any atom is 0.121 e. The molecule has 2 rings (SSSR count). The Balaban J connectivity index is 2.21. The minimum Gasteiger partial charge on any atom is -0.497 e. The molecule has 0 saturated heterocycles. The second kappa shape index (κ2) is 5.69. The summed E-state index contributed by atoms with van der Waals surface area (Å²) >= 11 is 1.72. The maximum atomic E-state index is 5.93. The molecule has 0 aliphatic heterocycles. The van der Waals surface area contributed by atoms with Gasteiger partial charge >= 0.3 is 0 Å². The van der Waals surface area contributed by atoms with Crippen LogP contribution in [-0.4, -0.2) is 13.4 Å². The van der Waals surface area contributed by atoms with Crippen molar-refractivity contribution < 1.29 is 4.74 Å². The Kier molecular flexibility index (Phi) is 3.99. The molecule has 0 aromatic heterocycles. The number of methoxy groups -OCH3 is 1. The summed E-state index contributed by atoms with van der Waals surface area (Å²) in [5, 5.41) is 3.28. The van der Waals surface area contributed by atoms with E-state index in [9.17, 15) is 0 Å². The zero-order chi connectivity index (χ0) is 13.0. The van der Waals surface area contributed by atoms with Crippen LogP contribution < -0.4 is 15.8 Å². The number of anilines is 3. The molecule has 0 aliphatic carbocycles. The monoisotopic (exact) mass is 260 g/mol. The Hall–Kier alpha value is -1.81. The lowest BCUT2D eigenvalue weighted by Crippen LogP contribution is -1.97. The summed E-state index contributed by atoms with van der Waals surface area (Å²) in [6, 6.07) is 13.8. The highest BCUT2D eigenvalue weighted by Gasteiger charge is 2.02. The molecule has 0 atom stereocenters. The molecule has 18 heavy (non-hydrogen) atoms. The van der Waals surface area contributed by atoms with E-state index in [0.29, 0.717) is 5.69 Å². The fraction of sp³-hybridized carbons (Fsp3) is 0.143. The normalized spacial score (nSPS) is 10.1. The molecule has 0 aliphatic rings. The third-order valence-corrected chi connectivity index (χ3v) is 3.37. The van der Waals surface area contributed by atoms with Crippen LogP contribution in [-0.2, 0) is 0 Å². The van der Waals surface area contributed by atoms with Crippen molar-refractivity contribution in [1.29, 1.82) is 0 Å². The van der Waals surface area contributed by atoms with Gasteiger partial charge in [-0.15, -0.1) is 11.8 Å². The molecule has 0 unspecified atom stereocenters. The van der Waals surface area contributed by atoms with Gasteiger partial charge in [0, 0.05) is 16.6 Å². The van der Waals surface area contributed by atoms with Gasteiger partial charge in [0.1, 0.15) is 5.75 Å². The Bertz CT molecular complexity index is 526. The van der Waals surface area contributed by atoms with E-state index < -0.39 is 0 Å². The minimum absolute atomic E-state index is 0.699. The third kappa shape index (κ3) is 2.90. The summed E-state index contributed by atoms with van der Waals surface area (Å²) in [6.07, 6.45) is 2.06. The predicted molar refractivity (Wildman–Crippen MR) is 78.9 cm³/mol. The van der Waals surface area contributed by atoms with Gasteiger partial charge in [0.05, 0.1) is 18.5 Å². The SMILES string of the molecule is COc1ccc(N)c(Nc2ccc(SC)cc2)c1. The largest absolute Gasteiger partial charge is 0.497 e. The molecule has 3 nitrogen and oxygen atoms in total. The Morgan fingerprint density at radius 3 is 2.44 bits per heavy atom. The van der Waals surface area contributed by atoms with Crippen LogP contribution in [0.5, 0.6) is 5.75 Å². The number of thioether (sulfide) groups is 1. The second-order valence-corrected chi connectivity index (χ2v) is 4.69. The first-order valence-corrected chi connectivity index (χ1v) is 6.80. The molecule has 2 aromatic rings. The van der Waals surface area contributed by atoms with E-state index in [1.807, 2.05) is 30.3 Å². The molecule has 0 fully saturated rings.